The average molecular weight is 273 g/mol. The maximum atomic E-state index is 11.9. The number of carbonyl (C=O) groups is 1. The van der Waals surface area contributed by atoms with Crippen molar-refractivity contribution in [3.05, 3.63) is 35.4 Å². The molecule has 3 heteroatoms. The van der Waals surface area contributed by atoms with Crippen molar-refractivity contribution in [1.82, 2.24) is 4.90 Å². The molecule has 0 aromatic heterocycles. The molecule has 3 nitrogen and oxygen atoms in total. The van der Waals surface area contributed by atoms with Crippen LogP contribution in [0.2, 0.25) is 0 Å². The third-order valence-corrected chi connectivity index (χ3v) is 3.11. The van der Waals surface area contributed by atoms with E-state index in [-0.39, 0.29) is 12.5 Å². The summed E-state index contributed by atoms with van der Waals surface area (Å²) in [6, 6.07) is 7.76. The second kappa shape index (κ2) is 9.17. The fraction of sp³-hybridized carbons (Fsp3) is 0.471. The van der Waals surface area contributed by atoms with E-state index in [1.54, 1.807) is 4.90 Å². The molecule has 20 heavy (non-hydrogen) atoms. The van der Waals surface area contributed by atoms with Gasteiger partial charge in [-0.1, -0.05) is 43.7 Å². The van der Waals surface area contributed by atoms with Gasteiger partial charge in [-0.25, -0.2) is 0 Å². The number of benzene rings is 1. The number of carbonyl (C=O) groups excluding carboxylic acids is 1. The zero-order valence-electron chi connectivity index (χ0n) is 12.4. The van der Waals surface area contributed by atoms with E-state index >= 15 is 0 Å². The van der Waals surface area contributed by atoms with Crippen molar-refractivity contribution in [2.24, 2.45) is 0 Å². The predicted molar refractivity (Wildman–Crippen MR) is 81.0 cm³/mol. The Labute approximate surface area is 121 Å². The van der Waals surface area contributed by atoms with Gasteiger partial charge in [0.1, 0.15) is 6.61 Å². The second-order valence-electron chi connectivity index (χ2n) is 4.86. The third kappa shape index (κ3) is 5.90. The number of rotatable bonds is 6. The van der Waals surface area contributed by atoms with Gasteiger partial charge in [-0.05, 0) is 24.1 Å². The van der Waals surface area contributed by atoms with Gasteiger partial charge in [0.05, 0.1) is 0 Å². The van der Waals surface area contributed by atoms with Gasteiger partial charge in [0.15, 0.2) is 0 Å². The Bertz CT molecular complexity index is 468. The van der Waals surface area contributed by atoms with Gasteiger partial charge in [0.25, 0.3) is 0 Å². The highest BCUT2D eigenvalue weighted by molar-refractivity contribution is 5.75. The van der Waals surface area contributed by atoms with Gasteiger partial charge >= 0.3 is 0 Å². The minimum Gasteiger partial charge on any atom is -0.384 e. The lowest BCUT2D eigenvalue weighted by Gasteiger charge is -2.17. The zero-order valence-corrected chi connectivity index (χ0v) is 12.4. The molecular weight excluding hydrogens is 250 g/mol. The molecule has 1 aromatic carbocycles. The largest absolute Gasteiger partial charge is 0.384 e. The van der Waals surface area contributed by atoms with Gasteiger partial charge in [-0.3, -0.25) is 4.79 Å². The van der Waals surface area contributed by atoms with Crippen LogP contribution in [0.25, 0.3) is 0 Å². The first-order chi connectivity index (χ1) is 9.67. The van der Waals surface area contributed by atoms with Crippen LogP contribution in [0.15, 0.2) is 24.3 Å². The number of hydrogen-bond acceptors (Lipinski definition) is 2. The summed E-state index contributed by atoms with van der Waals surface area (Å²) in [7, 11) is 1.84. The summed E-state index contributed by atoms with van der Waals surface area (Å²) in [5.41, 5.74) is 1.96. The van der Waals surface area contributed by atoms with Gasteiger partial charge < -0.3 is 10.0 Å². The van der Waals surface area contributed by atoms with Crippen molar-refractivity contribution in [3.8, 4) is 11.8 Å². The van der Waals surface area contributed by atoms with Crippen LogP contribution in [-0.4, -0.2) is 29.6 Å². The van der Waals surface area contributed by atoms with E-state index < -0.39 is 0 Å². The molecule has 0 atom stereocenters. The lowest BCUT2D eigenvalue weighted by Crippen LogP contribution is -2.25. The van der Waals surface area contributed by atoms with E-state index in [4.69, 9.17) is 5.11 Å². The van der Waals surface area contributed by atoms with E-state index in [2.05, 4.69) is 18.8 Å². The average Bonchev–Trinajstić information content (AvgIpc) is 2.46. The van der Waals surface area contributed by atoms with Crippen LogP contribution in [0.4, 0.5) is 0 Å². The molecule has 0 spiro atoms. The number of aliphatic hydroxyl groups excluding tert-OH is 1. The summed E-state index contributed by atoms with van der Waals surface area (Å²) in [5.74, 6) is 5.66. The molecule has 0 aliphatic carbocycles. The molecule has 0 fully saturated rings. The molecule has 0 aliphatic rings. The number of hydrogen-bond donors (Lipinski definition) is 1. The first-order valence-electron chi connectivity index (χ1n) is 7.10. The molecule has 0 bridgehead atoms. The Balaban J connectivity index is 2.49. The molecular formula is C17H23NO2. The monoisotopic (exact) mass is 273 g/mol. The standard InChI is InChI=1S/C17H23NO2/c1-3-4-5-8-17(20)18(2)14-16-11-9-15(10-12-16)7-6-13-19/h9-12,19H,3-5,8,13-14H2,1-2H3. The minimum atomic E-state index is -0.128. The van der Waals surface area contributed by atoms with Crippen LogP contribution in [0.3, 0.4) is 0 Å². The Hall–Kier alpha value is -1.79. The molecule has 0 aliphatic heterocycles. The summed E-state index contributed by atoms with van der Waals surface area (Å²) in [5, 5.41) is 8.63. The molecule has 0 saturated heterocycles. The molecule has 0 saturated carbocycles. The number of nitrogens with zero attached hydrogens (tertiary/aromatic N) is 1. The molecule has 0 heterocycles. The van der Waals surface area contributed by atoms with Crippen molar-refractivity contribution in [3.63, 3.8) is 0 Å². The Morgan fingerprint density at radius 3 is 2.55 bits per heavy atom. The van der Waals surface area contributed by atoms with Crippen LogP contribution in [0.1, 0.15) is 43.7 Å². The predicted octanol–water partition coefficient (Wildman–Crippen LogP) is 2.57. The molecule has 108 valence electrons. The van der Waals surface area contributed by atoms with Crippen LogP contribution in [0.5, 0.6) is 0 Å². The Morgan fingerprint density at radius 2 is 1.95 bits per heavy atom. The van der Waals surface area contributed by atoms with Gasteiger partial charge in [0.2, 0.25) is 5.91 Å². The van der Waals surface area contributed by atoms with Gasteiger partial charge in [-0.2, -0.15) is 0 Å². The highest BCUT2D eigenvalue weighted by Gasteiger charge is 2.08. The highest BCUT2D eigenvalue weighted by atomic mass is 16.2. The normalized spacial score (nSPS) is 9.75. The SMILES string of the molecule is CCCCCC(=O)N(C)Cc1ccc(C#CCO)cc1. The first-order valence-corrected chi connectivity index (χ1v) is 7.10. The summed E-state index contributed by atoms with van der Waals surface area (Å²) < 4.78 is 0. The molecule has 0 unspecified atom stereocenters. The maximum absolute atomic E-state index is 11.9. The number of amides is 1. The summed E-state index contributed by atoms with van der Waals surface area (Å²) in [6.07, 6.45) is 3.84. The molecule has 1 aromatic rings. The number of aliphatic hydroxyl groups is 1. The summed E-state index contributed by atoms with van der Waals surface area (Å²) in [4.78, 5) is 13.7. The third-order valence-electron chi connectivity index (χ3n) is 3.11. The van der Waals surface area contributed by atoms with Crippen LogP contribution >= 0.6 is 0 Å². The van der Waals surface area contributed by atoms with E-state index in [0.717, 1.165) is 30.4 Å². The van der Waals surface area contributed by atoms with E-state index in [0.29, 0.717) is 13.0 Å². The molecule has 0 radical (unpaired) electrons. The van der Waals surface area contributed by atoms with E-state index in [1.165, 1.54) is 0 Å². The van der Waals surface area contributed by atoms with Gasteiger partial charge in [-0.15, -0.1) is 0 Å². The van der Waals surface area contributed by atoms with Crippen LogP contribution in [-0.2, 0) is 11.3 Å². The lowest BCUT2D eigenvalue weighted by atomic mass is 10.1. The van der Waals surface area contributed by atoms with Gasteiger partial charge in [0, 0.05) is 25.6 Å². The van der Waals surface area contributed by atoms with Crippen molar-refractivity contribution in [2.45, 2.75) is 39.2 Å². The smallest absolute Gasteiger partial charge is 0.222 e. The fourth-order valence-electron chi connectivity index (χ4n) is 1.91. The summed E-state index contributed by atoms with van der Waals surface area (Å²) >= 11 is 0. The zero-order chi connectivity index (χ0) is 14.8. The maximum Gasteiger partial charge on any atom is 0.222 e. The Kier molecular flexibility index (Phi) is 7.46. The molecule has 1 rings (SSSR count). The van der Waals surface area contributed by atoms with Crippen LogP contribution < -0.4 is 0 Å². The minimum absolute atomic E-state index is 0.128. The van der Waals surface area contributed by atoms with E-state index in [9.17, 15) is 4.79 Å². The quantitative estimate of drug-likeness (QED) is 0.639. The Morgan fingerprint density at radius 1 is 1.25 bits per heavy atom. The van der Waals surface area contributed by atoms with Crippen LogP contribution in [0, 0.1) is 11.8 Å². The molecule has 1 N–H and O–H groups in total. The highest BCUT2D eigenvalue weighted by Crippen LogP contribution is 2.08. The summed E-state index contributed by atoms with van der Waals surface area (Å²) in [6.45, 7) is 2.63. The van der Waals surface area contributed by atoms with Crippen molar-refractivity contribution < 1.29 is 9.90 Å². The fourth-order valence-corrected chi connectivity index (χ4v) is 1.91. The van der Waals surface area contributed by atoms with Crippen molar-refractivity contribution >= 4 is 5.91 Å². The van der Waals surface area contributed by atoms with Crippen molar-refractivity contribution in [2.75, 3.05) is 13.7 Å². The first kappa shape index (κ1) is 16.3. The van der Waals surface area contributed by atoms with E-state index in [1.807, 2.05) is 31.3 Å². The lowest BCUT2D eigenvalue weighted by molar-refractivity contribution is -0.130. The topological polar surface area (TPSA) is 40.5 Å². The number of unbranched alkanes of at least 4 members (excludes halogenated alkanes) is 2. The van der Waals surface area contributed by atoms with Crippen molar-refractivity contribution in [1.29, 1.82) is 0 Å². The molecule has 1 amide bonds. The second-order valence-corrected chi connectivity index (χ2v) is 4.86.